The van der Waals surface area contributed by atoms with E-state index in [4.69, 9.17) is 0 Å². The molecular weight excluding hydrogens is 411 g/mol. The van der Waals surface area contributed by atoms with Gasteiger partial charge in [0, 0.05) is 42.6 Å². The van der Waals surface area contributed by atoms with E-state index in [1.54, 1.807) is 12.1 Å². The van der Waals surface area contributed by atoms with Gasteiger partial charge in [0.05, 0.1) is 0 Å². The number of halogens is 1. The second-order valence-electron chi connectivity index (χ2n) is 7.84. The number of anilines is 2. The van der Waals surface area contributed by atoms with Crippen LogP contribution >= 0.6 is 11.5 Å². The van der Waals surface area contributed by atoms with Gasteiger partial charge >= 0.3 is 0 Å². The van der Waals surface area contributed by atoms with Crippen molar-refractivity contribution in [1.29, 1.82) is 0 Å². The zero-order chi connectivity index (χ0) is 22.4. The fourth-order valence-electron chi connectivity index (χ4n) is 3.21. The second-order valence-corrected chi connectivity index (χ2v) is 8.57. The predicted octanol–water partition coefficient (Wildman–Crippen LogP) is 5.52. The minimum atomic E-state index is -0.252. The molecule has 1 unspecified atom stereocenters. The lowest BCUT2D eigenvalue weighted by molar-refractivity contribution is -0.116. The molecule has 0 bridgehead atoms. The van der Waals surface area contributed by atoms with Crippen LogP contribution < -0.4 is 10.2 Å². The Balaban J connectivity index is 1.63. The van der Waals surface area contributed by atoms with Crippen LogP contribution in [-0.2, 0) is 11.2 Å². The van der Waals surface area contributed by atoms with E-state index in [0.717, 1.165) is 28.4 Å². The lowest BCUT2D eigenvalue weighted by Gasteiger charge is -2.27. The summed E-state index contributed by atoms with van der Waals surface area (Å²) in [4.78, 5) is 19.4. The number of nitrogens with one attached hydrogen (secondary N) is 1. The van der Waals surface area contributed by atoms with Crippen molar-refractivity contribution in [2.24, 2.45) is 0 Å². The van der Waals surface area contributed by atoms with Crippen LogP contribution in [0.4, 0.5) is 15.2 Å². The Morgan fingerprint density at radius 2 is 1.90 bits per heavy atom. The summed E-state index contributed by atoms with van der Waals surface area (Å²) >= 11 is 1.34. The van der Waals surface area contributed by atoms with Crippen LogP contribution in [0.2, 0.25) is 0 Å². The lowest BCUT2D eigenvalue weighted by atomic mass is 10.1. The van der Waals surface area contributed by atoms with Gasteiger partial charge in [-0.15, -0.1) is 0 Å². The highest BCUT2D eigenvalue weighted by Crippen LogP contribution is 2.23. The molecule has 2 aromatic carbocycles. The summed E-state index contributed by atoms with van der Waals surface area (Å²) < 4.78 is 17.6. The van der Waals surface area contributed by atoms with Crippen LogP contribution in [0.25, 0.3) is 0 Å². The molecule has 1 N–H and O–H groups in total. The normalized spacial score (nSPS) is 11.9. The van der Waals surface area contributed by atoms with Gasteiger partial charge < -0.3 is 10.2 Å². The minimum absolute atomic E-state index is 0.0207. The molecule has 1 heterocycles. The summed E-state index contributed by atoms with van der Waals surface area (Å²) in [6.07, 6.45) is 1.86. The molecule has 1 atom stereocenters. The van der Waals surface area contributed by atoms with Crippen molar-refractivity contribution in [2.45, 2.75) is 53.0 Å². The van der Waals surface area contributed by atoms with Crippen LogP contribution in [-0.4, -0.2) is 27.9 Å². The van der Waals surface area contributed by atoms with Gasteiger partial charge in [-0.2, -0.15) is 4.37 Å². The van der Waals surface area contributed by atoms with Gasteiger partial charge in [-0.05, 0) is 68.1 Å². The number of aryl methyl sites for hydroxylation is 2. The standard InChI is InChI=1S/C24H29FN4OS/c1-5-18(4)29(13-12-23(30)26-21-11-6-16(2)17(3)14-21)24-27-22(28-31-24)15-19-7-9-20(25)10-8-19/h6-11,14,18H,5,12-13,15H2,1-4H3,(H,26,30). The van der Waals surface area contributed by atoms with Crippen molar-refractivity contribution < 1.29 is 9.18 Å². The van der Waals surface area contributed by atoms with E-state index in [9.17, 15) is 9.18 Å². The van der Waals surface area contributed by atoms with E-state index in [1.165, 1.54) is 29.2 Å². The zero-order valence-electron chi connectivity index (χ0n) is 18.5. The molecule has 0 saturated heterocycles. The smallest absolute Gasteiger partial charge is 0.226 e. The summed E-state index contributed by atoms with van der Waals surface area (Å²) in [5.74, 6) is 0.435. The molecule has 1 aromatic heterocycles. The Kier molecular flexibility index (Phi) is 7.74. The zero-order valence-corrected chi connectivity index (χ0v) is 19.3. The number of aromatic nitrogens is 2. The first-order valence-electron chi connectivity index (χ1n) is 10.6. The van der Waals surface area contributed by atoms with E-state index in [0.29, 0.717) is 25.2 Å². The molecule has 0 aliphatic heterocycles. The highest BCUT2D eigenvalue weighted by atomic mass is 32.1. The van der Waals surface area contributed by atoms with Gasteiger partial charge in [0.15, 0.2) is 0 Å². The largest absolute Gasteiger partial charge is 0.344 e. The maximum absolute atomic E-state index is 13.1. The molecular formula is C24H29FN4OS. The first-order chi connectivity index (χ1) is 14.9. The molecule has 164 valence electrons. The molecule has 0 spiro atoms. The SMILES string of the molecule is CCC(C)N(CCC(=O)Nc1ccc(C)c(C)c1)c1nc(Cc2ccc(F)cc2)ns1. The van der Waals surface area contributed by atoms with Crippen molar-refractivity contribution in [3.8, 4) is 0 Å². The molecule has 0 saturated carbocycles. The Hall–Kier alpha value is -2.80. The molecule has 0 radical (unpaired) electrons. The first kappa shape index (κ1) is 22.9. The number of hydrogen-bond donors (Lipinski definition) is 1. The average molecular weight is 441 g/mol. The number of hydrogen-bond acceptors (Lipinski definition) is 5. The maximum Gasteiger partial charge on any atom is 0.226 e. The van der Waals surface area contributed by atoms with Gasteiger partial charge in [-0.25, -0.2) is 9.37 Å². The van der Waals surface area contributed by atoms with Gasteiger partial charge in [0.25, 0.3) is 0 Å². The van der Waals surface area contributed by atoms with Gasteiger partial charge in [-0.1, -0.05) is 25.1 Å². The van der Waals surface area contributed by atoms with E-state index in [-0.39, 0.29) is 17.8 Å². The average Bonchev–Trinajstić information content (AvgIpc) is 3.20. The predicted molar refractivity (Wildman–Crippen MR) is 125 cm³/mol. The van der Waals surface area contributed by atoms with Crippen molar-refractivity contribution in [1.82, 2.24) is 9.36 Å². The van der Waals surface area contributed by atoms with E-state index >= 15 is 0 Å². The summed E-state index contributed by atoms with van der Waals surface area (Å²) in [6.45, 7) is 8.90. The highest BCUT2D eigenvalue weighted by Gasteiger charge is 2.19. The molecule has 7 heteroatoms. The van der Waals surface area contributed by atoms with Crippen LogP contribution in [0.3, 0.4) is 0 Å². The summed E-state index contributed by atoms with van der Waals surface area (Å²) in [6, 6.07) is 12.6. The van der Waals surface area contributed by atoms with Crippen molar-refractivity contribution in [2.75, 3.05) is 16.8 Å². The van der Waals surface area contributed by atoms with Crippen LogP contribution in [0.15, 0.2) is 42.5 Å². The number of carbonyl (C=O) groups excluding carboxylic acids is 1. The number of nitrogens with zero attached hydrogens (tertiary/aromatic N) is 3. The highest BCUT2D eigenvalue weighted by molar-refractivity contribution is 7.09. The summed E-state index contributed by atoms with van der Waals surface area (Å²) in [7, 11) is 0. The summed E-state index contributed by atoms with van der Waals surface area (Å²) in [5.41, 5.74) is 4.14. The Morgan fingerprint density at radius 3 is 2.58 bits per heavy atom. The summed E-state index contributed by atoms with van der Waals surface area (Å²) in [5, 5.41) is 3.80. The van der Waals surface area contributed by atoms with Crippen molar-refractivity contribution in [3.63, 3.8) is 0 Å². The molecule has 0 aliphatic carbocycles. The van der Waals surface area contributed by atoms with Crippen LogP contribution in [0.1, 0.15) is 49.2 Å². The van der Waals surface area contributed by atoms with E-state index in [2.05, 4.69) is 40.3 Å². The molecule has 0 aliphatic rings. The minimum Gasteiger partial charge on any atom is -0.344 e. The third-order valence-corrected chi connectivity index (χ3v) is 6.26. The third kappa shape index (κ3) is 6.34. The van der Waals surface area contributed by atoms with Gasteiger partial charge in [-0.3, -0.25) is 4.79 Å². The second kappa shape index (κ2) is 10.5. The molecule has 3 aromatic rings. The van der Waals surface area contributed by atoms with Crippen LogP contribution in [0, 0.1) is 19.7 Å². The first-order valence-corrected chi connectivity index (χ1v) is 11.3. The maximum atomic E-state index is 13.1. The van der Waals surface area contributed by atoms with Gasteiger partial charge in [0.1, 0.15) is 11.6 Å². The quantitative estimate of drug-likeness (QED) is 0.476. The molecule has 0 fully saturated rings. The van der Waals surface area contributed by atoms with Crippen LogP contribution in [0.5, 0.6) is 0 Å². The molecule has 5 nitrogen and oxygen atoms in total. The topological polar surface area (TPSA) is 58.1 Å². The Labute approximate surface area is 187 Å². The fourth-order valence-corrected chi connectivity index (χ4v) is 4.02. The Morgan fingerprint density at radius 1 is 1.16 bits per heavy atom. The lowest BCUT2D eigenvalue weighted by Crippen LogP contribution is -2.35. The fraction of sp³-hybridized carbons (Fsp3) is 0.375. The Bertz CT molecular complexity index is 1020. The number of rotatable bonds is 9. The molecule has 1 amide bonds. The van der Waals surface area contributed by atoms with Crippen molar-refractivity contribution in [3.05, 3.63) is 70.8 Å². The monoisotopic (exact) mass is 440 g/mol. The number of carbonyl (C=O) groups is 1. The third-order valence-electron chi connectivity index (χ3n) is 5.47. The number of benzene rings is 2. The molecule has 3 rings (SSSR count). The van der Waals surface area contributed by atoms with Crippen molar-refractivity contribution >= 4 is 28.3 Å². The van der Waals surface area contributed by atoms with E-state index in [1.807, 2.05) is 25.1 Å². The van der Waals surface area contributed by atoms with E-state index < -0.39 is 0 Å². The molecule has 31 heavy (non-hydrogen) atoms. The number of amides is 1. The van der Waals surface area contributed by atoms with Gasteiger partial charge in [0.2, 0.25) is 11.0 Å².